The zero-order valence-electron chi connectivity index (χ0n) is 11.7. The fraction of sp³-hybridized carbons (Fsp3) is 0.533. The first-order valence-electron chi connectivity index (χ1n) is 6.99. The van der Waals surface area contributed by atoms with E-state index in [1.165, 1.54) is 0 Å². The zero-order valence-corrected chi connectivity index (χ0v) is 12.4. The Labute approximate surface area is 124 Å². The van der Waals surface area contributed by atoms with E-state index in [2.05, 4.69) is 0 Å². The molecule has 1 aliphatic heterocycles. The highest BCUT2D eigenvalue weighted by atomic mass is 35.5. The Morgan fingerprint density at radius 3 is 2.85 bits per heavy atom. The van der Waals surface area contributed by atoms with Crippen LogP contribution in [0.2, 0.25) is 5.02 Å². The highest BCUT2D eigenvalue weighted by molar-refractivity contribution is 6.30. The maximum Gasteiger partial charge on any atom is 0.409 e. The summed E-state index contributed by atoms with van der Waals surface area (Å²) in [6, 6.07) is 7.33. The summed E-state index contributed by atoms with van der Waals surface area (Å²) in [5.41, 5.74) is 0. The van der Waals surface area contributed by atoms with Gasteiger partial charge in [-0.05, 0) is 44.0 Å². The van der Waals surface area contributed by atoms with Crippen LogP contribution in [0.5, 0.6) is 5.75 Å². The van der Waals surface area contributed by atoms with Gasteiger partial charge in [-0.1, -0.05) is 11.6 Å². The van der Waals surface area contributed by atoms with E-state index >= 15 is 0 Å². The second kappa shape index (κ2) is 7.39. The molecule has 0 saturated carbocycles. The van der Waals surface area contributed by atoms with E-state index in [1.54, 1.807) is 4.90 Å². The highest BCUT2D eigenvalue weighted by Crippen LogP contribution is 2.20. The summed E-state index contributed by atoms with van der Waals surface area (Å²) in [7, 11) is 0. The van der Waals surface area contributed by atoms with E-state index in [-0.39, 0.29) is 6.09 Å². The molecule has 1 aromatic carbocycles. The van der Waals surface area contributed by atoms with Crippen LogP contribution in [0.15, 0.2) is 24.3 Å². The van der Waals surface area contributed by atoms with Gasteiger partial charge in [-0.2, -0.15) is 0 Å². The van der Waals surface area contributed by atoms with Gasteiger partial charge in [-0.15, -0.1) is 0 Å². The fourth-order valence-corrected chi connectivity index (χ4v) is 2.45. The van der Waals surface area contributed by atoms with Crippen molar-refractivity contribution < 1.29 is 14.3 Å². The third kappa shape index (κ3) is 4.30. The third-order valence-electron chi connectivity index (χ3n) is 3.34. The second-order valence-electron chi connectivity index (χ2n) is 4.92. The van der Waals surface area contributed by atoms with Gasteiger partial charge in [0.15, 0.2) is 0 Å². The summed E-state index contributed by atoms with van der Waals surface area (Å²) in [4.78, 5) is 13.5. The van der Waals surface area contributed by atoms with Gasteiger partial charge in [0.2, 0.25) is 0 Å². The van der Waals surface area contributed by atoms with E-state index in [0.29, 0.717) is 30.7 Å². The van der Waals surface area contributed by atoms with Crippen LogP contribution in [-0.2, 0) is 4.74 Å². The van der Waals surface area contributed by atoms with E-state index < -0.39 is 0 Å². The van der Waals surface area contributed by atoms with Gasteiger partial charge in [0, 0.05) is 24.0 Å². The number of benzene rings is 1. The van der Waals surface area contributed by atoms with Crippen molar-refractivity contribution in [2.45, 2.75) is 19.8 Å². The summed E-state index contributed by atoms with van der Waals surface area (Å²) in [6.07, 6.45) is 1.85. The van der Waals surface area contributed by atoms with Crippen LogP contribution in [0.4, 0.5) is 4.79 Å². The minimum atomic E-state index is -0.219. The molecule has 0 aromatic heterocycles. The van der Waals surface area contributed by atoms with E-state index in [1.807, 2.05) is 31.2 Å². The topological polar surface area (TPSA) is 38.8 Å². The van der Waals surface area contributed by atoms with Gasteiger partial charge in [0.25, 0.3) is 0 Å². The summed E-state index contributed by atoms with van der Waals surface area (Å²) in [6.45, 7) is 4.32. The van der Waals surface area contributed by atoms with Crippen molar-refractivity contribution in [3.63, 3.8) is 0 Å². The number of ether oxygens (including phenoxy) is 2. The number of hydrogen-bond acceptors (Lipinski definition) is 3. The first-order valence-corrected chi connectivity index (χ1v) is 7.37. The number of carbonyl (C=O) groups excluding carboxylic acids is 1. The SMILES string of the molecule is CCOC(=O)N1CCCC(COc2ccc(Cl)cc2)C1. The number of rotatable bonds is 4. The largest absolute Gasteiger partial charge is 0.493 e. The highest BCUT2D eigenvalue weighted by Gasteiger charge is 2.24. The minimum Gasteiger partial charge on any atom is -0.493 e. The van der Waals surface area contributed by atoms with Crippen molar-refractivity contribution in [2.75, 3.05) is 26.3 Å². The maximum atomic E-state index is 11.7. The van der Waals surface area contributed by atoms with Crippen LogP contribution in [-0.4, -0.2) is 37.3 Å². The molecular weight excluding hydrogens is 278 g/mol. The molecule has 0 aliphatic carbocycles. The lowest BCUT2D eigenvalue weighted by atomic mass is 9.99. The van der Waals surface area contributed by atoms with Crippen molar-refractivity contribution in [3.8, 4) is 5.75 Å². The standard InChI is InChI=1S/C15H20ClNO3/c1-2-19-15(18)17-9-3-4-12(10-17)11-20-14-7-5-13(16)6-8-14/h5-8,12H,2-4,9-11H2,1H3. The summed E-state index contributed by atoms with van der Waals surface area (Å²) in [5, 5.41) is 0.698. The van der Waals surface area contributed by atoms with E-state index in [4.69, 9.17) is 21.1 Å². The van der Waals surface area contributed by atoms with E-state index in [0.717, 1.165) is 25.1 Å². The average molecular weight is 298 g/mol. The lowest BCUT2D eigenvalue weighted by Gasteiger charge is -2.31. The molecule has 5 heteroatoms. The van der Waals surface area contributed by atoms with Crippen molar-refractivity contribution in [1.82, 2.24) is 4.90 Å². The Balaban J connectivity index is 1.80. The van der Waals surface area contributed by atoms with Crippen molar-refractivity contribution >= 4 is 17.7 Å². The molecule has 2 rings (SSSR count). The smallest absolute Gasteiger partial charge is 0.409 e. The molecule has 1 amide bonds. The summed E-state index contributed by atoms with van der Waals surface area (Å²) >= 11 is 5.83. The predicted molar refractivity (Wildman–Crippen MR) is 78.3 cm³/mol. The van der Waals surface area contributed by atoms with Crippen LogP contribution in [0.1, 0.15) is 19.8 Å². The average Bonchev–Trinajstić information content (AvgIpc) is 2.47. The Kier molecular flexibility index (Phi) is 5.53. The van der Waals surface area contributed by atoms with Crippen molar-refractivity contribution in [3.05, 3.63) is 29.3 Å². The van der Waals surface area contributed by atoms with Gasteiger partial charge in [-0.25, -0.2) is 4.79 Å². The molecule has 1 saturated heterocycles. The molecule has 110 valence electrons. The van der Waals surface area contributed by atoms with Crippen molar-refractivity contribution in [2.24, 2.45) is 5.92 Å². The first kappa shape index (κ1) is 15.0. The monoisotopic (exact) mass is 297 g/mol. The summed E-state index contributed by atoms with van der Waals surface area (Å²) < 4.78 is 10.8. The normalized spacial score (nSPS) is 18.7. The molecule has 1 unspecified atom stereocenters. The molecular formula is C15H20ClNO3. The number of piperidine rings is 1. The number of nitrogens with zero attached hydrogens (tertiary/aromatic N) is 1. The van der Waals surface area contributed by atoms with Crippen LogP contribution in [0.3, 0.4) is 0 Å². The van der Waals surface area contributed by atoms with Gasteiger partial charge in [0.1, 0.15) is 5.75 Å². The van der Waals surface area contributed by atoms with Gasteiger partial charge >= 0.3 is 6.09 Å². The molecule has 1 aromatic rings. The number of hydrogen-bond donors (Lipinski definition) is 0. The molecule has 20 heavy (non-hydrogen) atoms. The molecule has 1 fully saturated rings. The van der Waals surface area contributed by atoms with Crippen molar-refractivity contribution in [1.29, 1.82) is 0 Å². The molecule has 0 N–H and O–H groups in total. The Hall–Kier alpha value is -1.42. The van der Waals surface area contributed by atoms with Gasteiger partial charge in [-0.3, -0.25) is 0 Å². The minimum absolute atomic E-state index is 0.219. The Bertz CT molecular complexity index is 435. The van der Waals surface area contributed by atoms with Crippen LogP contribution in [0.25, 0.3) is 0 Å². The predicted octanol–water partition coefficient (Wildman–Crippen LogP) is 3.59. The molecule has 0 spiro atoms. The quantitative estimate of drug-likeness (QED) is 0.852. The Morgan fingerprint density at radius 1 is 1.40 bits per heavy atom. The lowest BCUT2D eigenvalue weighted by Crippen LogP contribution is -2.41. The van der Waals surface area contributed by atoms with Crippen LogP contribution in [0, 0.1) is 5.92 Å². The van der Waals surface area contributed by atoms with E-state index in [9.17, 15) is 4.79 Å². The first-order chi connectivity index (χ1) is 9.69. The van der Waals surface area contributed by atoms with Crippen LogP contribution >= 0.6 is 11.6 Å². The molecule has 1 heterocycles. The summed E-state index contributed by atoms with van der Waals surface area (Å²) in [5.74, 6) is 1.16. The molecule has 0 bridgehead atoms. The van der Waals surface area contributed by atoms with Crippen LogP contribution < -0.4 is 4.74 Å². The molecule has 0 radical (unpaired) electrons. The number of likely N-dealkylation sites (tertiary alicyclic amines) is 1. The maximum absolute atomic E-state index is 11.7. The number of halogens is 1. The molecule has 1 atom stereocenters. The third-order valence-corrected chi connectivity index (χ3v) is 3.60. The lowest BCUT2D eigenvalue weighted by molar-refractivity contribution is 0.0790. The zero-order chi connectivity index (χ0) is 14.4. The second-order valence-corrected chi connectivity index (χ2v) is 5.35. The van der Waals surface area contributed by atoms with Gasteiger partial charge < -0.3 is 14.4 Å². The number of carbonyl (C=O) groups is 1. The number of amides is 1. The fourth-order valence-electron chi connectivity index (χ4n) is 2.33. The Morgan fingerprint density at radius 2 is 2.15 bits per heavy atom. The molecule has 4 nitrogen and oxygen atoms in total. The van der Waals surface area contributed by atoms with Gasteiger partial charge in [0.05, 0.1) is 13.2 Å². The molecule has 1 aliphatic rings.